The molecule has 1 amide bonds. The van der Waals surface area contributed by atoms with Crippen LogP contribution in [0.4, 0.5) is 0 Å². The standard InChI is InChI=1S/C4H8N2O4S/c1-4(5)2-3(7)6(4)11(8,9)10/h2,5H2,1H3,(H,8,9,10). The van der Waals surface area contributed by atoms with Crippen LogP contribution in [0, 0.1) is 0 Å². The molecule has 0 bridgehead atoms. The van der Waals surface area contributed by atoms with E-state index < -0.39 is 21.9 Å². The largest absolute Gasteiger partial charge is 0.363 e. The van der Waals surface area contributed by atoms with Crippen molar-refractivity contribution in [1.29, 1.82) is 0 Å². The molecule has 1 atom stereocenters. The molecule has 7 heteroatoms. The third-order valence-corrected chi connectivity index (χ3v) is 2.51. The minimum Gasteiger partial charge on any atom is -0.307 e. The third kappa shape index (κ3) is 1.22. The molecule has 1 heterocycles. The Morgan fingerprint density at radius 1 is 1.73 bits per heavy atom. The molecule has 64 valence electrons. The summed E-state index contributed by atoms with van der Waals surface area (Å²) >= 11 is 0. The molecule has 1 aliphatic heterocycles. The smallest absolute Gasteiger partial charge is 0.307 e. The fraction of sp³-hybridized carbons (Fsp3) is 0.750. The lowest BCUT2D eigenvalue weighted by Crippen LogP contribution is -2.68. The van der Waals surface area contributed by atoms with E-state index in [1.165, 1.54) is 6.92 Å². The molecule has 0 aliphatic carbocycles. The highest BCUT2D eigenvalue weighted by atomic mass is 32.2. The van der Waals surface area contributed by atoms with Crippen molar-refractivity contribution >= 4 is 16.2 Å². The first-order valence-electron chi connectivity index (χ1n) is 2.85. The van der Waals surface area contributed by atoms with Crippen molar-refractivity contribution < 1.29 is 17.8 Å². The molecule has 1 rings (SSSR count). The van der Waals surface area contributed by atoms with E-state index >= 15 is 0 Å². The lowest BCUT2D eigenvalue weighted by Gasteiger charge is -2.43. The molecule has 1 aliphatic rings. The van der Waals surface area contributed by atoms with Crippen molar-refractivity contribution in [2.45, 2.75) is 19.0 Å². The summed E-state index contributed by atoms with van der Waals surface area (Å²) in [5, 5.41) is 0. The van der Waals surface area contributed by atoms with Crippen LogP contribution < -0.4 is 5.73 Å². The lowest BCUT2D eigenvalue weighted by atomic mass is 10.0. The Morgan fingerprint density at radius 2 is 2.18 bits per heavy atom. The molecule has 1 saturated heterocycles. The Hall–Kier alpha value is -0.660. The van der Waals surface area contributed by atoms with Crippen molar-refractivity contribution in [3.8, 4) is 0 Å². The van der Waals surface area contributed by atoms with Crippen LogP contribution >= 0.6 is 0 Å². The van der Waals surface area contributed by atoms with E-state index in [0.29, 0.717) is 0 Å². The van der Waals surface area contributed by atoms with E-state index in [1.807, 2.05) is 0 Å². The second-order valence-corrected chi connectivity index (χ2v) is 3.93. The molecule has 0 spiro atoms. The average molecular weight is 180 g/mol. The fourth-order valence-electron chi connectivity index (χ4n) is 1.04. The normalized spacial score (nSPS) is 31.9. The number of nitrogens with two attached hydrogens (primary N) is 1. The summed E-state index contributed by atoms with van der Waals surface area (Å²) < 4.78 is 29.5. The molecule has 0 aromatic heterocycles. The number of rotatable bonds is 1. The van der Waals surface area contributed by atoms with E-state index in [4.69, 9.17) is 10.3 Å². The topological polar surface area (TPSA) is 101 Å². The molecule has 1 fully saturated rings. The zero-order valence-electron chi connectivity index (χ0n) is 5.81. The minimum atomic E-state index is -4.46. The van der Waals surface area contributed by atoms with Crippen LogP contribution in [0.3, 0.4) is 0 Å². The second-order valence-electron chi connectivity index (χ2n) is 2.67. The van der Waals surface area contributed by atoms with Crippen molar-refractivity contribution in [1.82, 2.24) is 4.31 Å². The monoisotopic (exact) mass is 180 g/mol. The molecular weight excluding hydrogens is 172 g/mol. The van der Waals surface area contributed by atoms with Crippen molar-refractivity contribution in [2.75, 3.05) is 0 Å². The molecule has 3 N–H and O–H groups in total. The Morgan fingerprint density at radius 3 is 2.27 bits per heavy atom. The molecule has 1 unspecified atom stereocenters. The zero-order valence-corrected chi connectivity index (χ0v) is 6.63. The van der Waals surface area contributed by atoms with Crippen LogP contribution in [-0.2, 0) is 15.1 Å². The van der Waals surface area contributed by atoms with Crippen molar-refractivity contribution in [3.63, 3.8) is 0 Å². The molecular formula is C4H8N2O4S. The molecule has 0 saturated carbocycles. The van der Waals surface area contributed by atoms with Gasteiger partial charge in [0.25, 0.3) is 0 Å². The number of β-lactam (4-membered cyclic amide) rings is 1. The summed E-state index contributed by atoms with van der Waals surface area (Å²) in [5.74, 6) is -0.683. The first-order valence-corrected chi connectivity index (χ1v) is 4.24. The van der Waals surface area contributed by atoms with Gasteiger partial charge in [0.05, 0.1) is 6.42 Å². The summed E-state index contributed by atoms with van der Waals surface area (Å²) in [5.41, 5.74) is 4.05. The highest BCUT2D eigenvalue weighted by Crippen LogP contribution is 2.28. The van der Waals surface area contributed by atoms with Gasteiger partial charge in [0.1, 0.15) is 5.66 Å². The van der Waals surface area contributed by atoms with Crippen LogP contribution in [0.25, 0.3) is 0 Å². The highest BCUT2D eigenvalue weighted by Gasteiger charge is 2.51. The quantitative estimate of drug-likeness (QED) is 0.385. The summed E-state index contributed by atoms with van der Waals surface area (Å²) in [6, 6.07) is 0. The maximum absolute atomic E-state index is 10.6. The van der Waals surface area contributed by atoms with Crippen LogP contribution in [0.2, 0.25) is 0 Å². The Kier molecular flexibility index (Phi) is 1.48. The van der Waals surface area contributed by atoms with Gasteiger partial charge in [-0.3, -0.25) is 9.35 Å². The third-order valence-electron chi connectivity index (χ3n) is 1.43. The predicted octanol–water partition coefficient (Wildman–Crippen LogP) is -1.30. The maximum atomic E-state index is 10.6. The van der Waals surface area contributed by atoms with Gasteiger partial charge in [-0.15, -0.1) is 0 Å². The van der Waals surface area contributed by atoms with Gasteiger partial charge in [-0.25, -0.2) is 0 Å². The van der Waals surface area contributed by atoms with Gasteiger partial charge in [0, 0.05) is 0 Å². The van der Waals surface area contributed by atoms with E-state index in [-0.39, 0.29) is 10.7 Å². The molecule has 11 heavy (non-hydrogen) atoms. The van der Waals surface area contributed by atoms with Crippen LogP contribution in [0.5, 0.6) is 0 Å². The summed E-state index contributed by atoms with van der Waals surface area (Å²) in [4.78, 5) is 10.6. The number of carbonyl (C=O) groups excluding carboxylic acids is 1. The Balaban J connectivity index is 2.98. The van der Waals surface area contributed by atoms with Crippen molar-refractivity contribution in [3.05, 3.63) is 0 Å². The summed E-state index contributed by atoms with van der Waals surface area (Å²) in [6.07, 6.45) is -0.0627. The van der Waals surface area contributed by atoms with E-state index in [1.54, 1.807) is 0 Å². The first kappa shape index (κ1) is 8.44. The first-order chi connectivity index (χ1) is 4.75. The Bertz CT molecular complexity index is 293. The van der Waals surface area contributed by atoms with Gasteiger partial charge < -0.3 is 5.73 Å². The van der Waals surface area contributed by atoms with E-state index in [2.05, 4.69) is 0 Å². The van der Waals surface area contributed by atoms with Gasteiger partial charge in [-0.2, -0.15) is 12.7 Å². The van der Waals surface area contributed by atoms with Crippen LogP contribution in [0.15, 0.2) is 0 Å². The minimum absolute atomic E-state index is 0.0627. The molecule has 6 nitrogen and oxygen atoms in total. The number of hydrogen-bond acceptors (Lipinski definition) is 4. The van der Waals surface area contributed by atoms with Gasteiger partial charge >= 0.3 is 10.3 Å². The molecule has 0 radical (unpaired) electrons. The number of carbonyl (C=O) groups is 1. The van der Waals surface area contributed by atoms with E-state index in [9.17, 15) is 13.2 Å². The average Bonchev–Trinajstić information content (AvgIpc) is 1.54. The lowest BCUT2D eigenvalue weighted by molar-refractivity contribution is -0.144. The number of amides is 1. The highest BCUT2D eigenvalue weighted by molar-refractivity contribution is 7.84. The summed E-state index contributed by atoms with van der Waals surface area (Å²) in [6.45, 7) is 1.35. The second kappa shape index (κ2) is 1.93. The molecule has 0 aromatic rings. The van der Waals surface area contributed by atoms with Gasteiger partial charge in [-0.1, -0.05) is 0 Å². The zero-order chi connectivity index (χ0) is 8.86. The summed E-state index contributed by atoms with van der Waals surface area (Å²) in [7, 11) is -4.46. The molecule has 0 aromatic carbocycles. The van der Waals surface area contributed by atoms with Crippen LogP contribution in [-0.4, -0.2) is 28.8 Å². The maximum Gasteiger partial charge on any atom is 0.363 e. The Labute approximate surface area is 63.9 Å². The number of hydrogen-bond donors (Lipinski definition) is 2. The fourth-order valence-corrected chi connectivity index (χ4v) is 1.95. The van der Waals surface area contributed by atoms with Gasteiger partial charge in [0.15, 0.2) is 0 Å². The van der Waals surface area contributed by atoms with Gasteiger partial charge in [-0.05, 0) is 6.92 Å². The predicted molar refractivity (Wildman–Crippen MR) is 35.6 cm³/mol. The van der Waals surface area contributed by atoms with Crippen molar-refractivity contribution in [2.24, 2.45) is 5.73 Å². The van der Waals surface area contributed by atoms with Crippen LogP contribution in [0.1, 0.15) is 13.3 Å². The SMILES string of the molecule is CC1(N)CC(=O)N1S(=O)(=O)O. The van der Waals surface area contributed by atoms with Gasteiger partial charge in [0.2, 0.25) is 5.91 Å². The number of nitrogens with zero attached hydrogens (tertiary/aromatic N) is 1. The van der Waals surface area contributed by atoms with E-state index in [0.717, 1.165) is 0 Å².